The van der Waals surface area contributed by atoms with Crippen LogP contribution in [0.2, 0.25) is 0 Å². The molecule has 238 valence electrons. The lowest BCUT2D eigenvalue weighted by Crippen LogP contribution is -2.49. The van der Waals surface area contributed by atoms with Gasteiger partial charge in [0.2, 0.25) is 0 Å². The van der Waals surface area contributed by atoms with Gasteiger partial charge >= 0.3 is 11.9 Å². The Kier molecular flexibility index (Phi) is 8.52. The molecular weight excluding hydrogens is 580 g/mol. The largest absolute Gasteiger partial charge is 0.493 e. The van der Waals surface area contributed by atoms with Crippen LogP contribution in [0.15, 0.2) is 51.8 Å². The number of hydrogen-bond acceptors (Lipinski definition) is 11. The van der Waals surface area contributed by atoms with Crippen LogP contribution in [0.3, 0.4) is 0 Å². The fraction of sp³-hybridized carbons (Fsp3) is 0.485. The van der Waals surface area contributed by atoms with Crippen LogP contribution < -0.4 is 10.3 Å². The first-order valence-corrected chi connectivity index (χ1v) is 15.0. The molecule has 0 radical (unpaired) electrons. The zero-order valence-electron chi connectivity index (χ0n) is 26.4. The lowest BCUT2D eigenvalue weighted by atomic mass is 9.78. The Labute approximate surface area is 260 Å². The summed E-state index contributed by atoms with van der Waals surface area (Å²) in [5.74, 6) is -1.44. The number of ether oxygens (including phenoxy) is 3. The van der Waals surface area contributed by atoms with E-state index in [1.807, 2.05) is 0 Å². The molecule has 45 heavy (non-hydrogen) atoms. The summed E-state index contributed by atoms with van der Waals surface area (Å²) in [6.07, 6.45) is 1.28. The van der Waals surface area contributed by atoms with Gasteiger partial charge in [0.15, 0.2) is 22.5 Å². The number of ketones is 1. The van der Waals surface area contributed by atoms with Crippen molar-refractivity contribution in [3.05, 3.63) is 58.5 Å². The lowest BCUT2D eigenvalue weighted by Gasteiger charge is -2.34. The highest BCUT2D eigenvalue weighted by Crippen LogP contribution is 2.37. The first-order chi connectivity index (χ1) is 21.1. The van der Waals surface area contributed by atoms with Gasteiger partial charge in [0, 0.05) is 19.0 Å². The van der Waals surface area contributed by atoms with Crippen LogP contribution in [0.5, 0.6) is 5.75 Å². The van der Waals surface area contributed by atoms with Crippen LogP contribution in [0.25, 0.3) is 21.9 Å². The molecule has 0 atom stereocenters. The van der Waals surface area contributed by atoms with Crippen LogP contribution in [0.4, 0.5) is 0 Å². The number of aromatic nitrogens is 4. The molecule has 1 fully saturated rings. The normalized spacial score (nSPS) is 14.0. The fourth-order valence-electron chi connectivity index (χ4n) is 4.80. The maximum Gasteiger partial charge on any atom is 0.324 e. The maximum atomic E-state index is 14.0. The number of esters is 2. The number of rotatable bonds is 11. The van der Waals surface area contributed by atoms with Crippen molar-refractivity contribution in [3.63, 3.8) is 0 Å². The summed E-state index contributed by atoms with van der Waals surface area (Å²) in [4.78, 5) is 55.2. The van der Waals surface area contributed by atoms with E-state index in [4.69, 9.17) is 18.7 Å². The molecule has 0 saturated heterocycles. The number of nitrogens with zero attached hydrogens (tertiary/aromatic N) is 4. The SMILES string of the molecule is CC(C)(C)OC(=O)C(CCn1nnc2ccccc2c1=O)(CC(=O)c1noc2cc(OCC3CC3)ccc12)C(=O)OC(C)(C)C. The van der Waals surface area contributed by atoms with Gasteiger partial charge in [-0.15, -0.1) is 5.10 Å². The van der Waals surface area contributed by atoms with Gasteiger partial charge in [-0.25, -0.2) is 4.68 Å². The molecule has 0 N–H and O–H groups in total. The van der Waals surface area contributed by atoms with Crippen molar-refractivity contribution in [2.24, 2.45) is 11.3 Å². The molecule has 0 amide bonds. The van der Waals surface area contributed by atoms with Crippen molar-refractivity contribution >= 4 is 39.6 Å². The summed E-state index contributed by atoms with van der Waals surface area (Å²) in [5.41, 5.74) is -3.98. The minimum absolute atomic E-state index is 0.0575. The Morgan fingerprint density at radius 2 is 1.60 bits per heavy atom. The first kappa shape index (κ1) is 31.8. The van der Waals surface area contributed by atoms with Crippen molar-refractivity contribution in [3.8, 4) is 5.75 Å². The molecule has 1 aliphatic carbocycles. The van der Waals surface area contributed by atoms with Crippen LogP contribution >= 0.6 is 0 Å². The Morgan fingerprint density at radius 1 is 0.933 bits per heavy atom. The summed E-state index contributed by atoms with van der Waals surface area (Å²) in [7, 11) is 0. The quantitative estimate of drug-likeness (QED) is 0.126. The Balaban J connectivity index is 1.52. The third-order valence-electron chi connectivity index (χ3n) is 7.31. The van der Waals surface area contributed by atoms with E-state index in [9.17, 15) is 19.2 Å². The lowest BCUT2D eigenvalue weighted by molar-refractivity contribution is -0.186. The molecule has 0 spiro atoms. The molecule has 2 aromatic heterocycles. The number of carbonyl (C=O) groups is 3. The predicted molar refractivity (Wildman–Crippen MR) is 164 cm³/mol. The number of fused-ring (bicyclic) bond motifs is 2. The zero-order valence-corrected chi connectivity index (χ0v) is 26.4. The minimum Gasteiger partial charge on any atom is -0.493 e. The van der Waals surface area contributed by atoms with Gasteiger partial charge in [-0.2, -0.15) is 0 Å². The third-order valence-corrected chi connectivity index (χ3v) is 7.31. The summed E-state index contributed by atoms with van der Waals surface area (Å²) in [5, 5.41) is 12.8. The van der Waals surface area contributed by atoms with E-state index in [0.717, 1.165) is 17.5 Å². The van der Waals surface area contributed by atoms with E-state index in [1.54, 1.807) is 84.0 Å². The number of aryl methyl sites for hydroxylation is 1. The Bertz CT molecular complexity index is 1780. The van der Waals surface area contributed by atoms with Crippen LogP contribution in [-0.2, 0) is 25.6 Å². The Morgan fingerprint density at radius 3 is 2.24 bits per heavy atom. The van der Waals surface area contributed by atoms with Crippen LogP contribution in [-0.4, -0.2) is 55.7 Å². The molecule has 0 aliphatic heterocycles. The van der Waals surface area contributed by atoms with E-state index >= 15 is 0 Å². The van der Waals surface area contributed by atoms with Crippen molar-refractivity contribution in [2.45, 2.75) is 85.0 Å². The van der Waals surface area contributed by atoms with Crippen LogP contribution in [0, 0.1) is 11.3 Å². The molecule has 5 rings (SSSR count). The topological polar surface area (TPSA) is 153 Å². The summed E-state index contributed by atoms with van der Waals surface area (Å²) in [6.45, 7) is 10.3. The number of benzene rings is 2. The average Bonchev–Trinajstić information content (AvgIpc) is 3.69. The summed E-state index contributed by atoms with van der Waals surface area (Å²) >= 11 is 0. The van der Waals surface area contributed by atoms with E-state index < -0.39 is 46.3 Å². The molecule has 0 bridgehead atoms. The van der Waals surface area contributed by atoms with Gasteiger partial charge < -0.3 is 18.7 Å². The second-order valence-corrected chi connectivity index (χ2v) is 13.5. The van der Waals surface area contributed by atoms with Gasteiger partial charge in [-0.05, 0) is 91.0 Å². The van der Waals surface area contributed by atoms with Crippen molar-refractivity contribution in [1.82, 2.24) is 20.2 Å². The van der Waals surface area contributed by atoms with Crippen molar-refractivity contribution in [1.29, 1.82) is 0 Å². The fourth-order valence-corrected chi connectivity index (χ4v) is 4.80. The highest BCUT2D eigenvalue weighted by molar-refractivity contribution is 6.11. The molecule has 2 aromatic carbocycles. The molecule has 12 nitrogen and oxygen atoms in total. The van der Waals surface area contributed by atoms with Gasteiger partial charge in [-0.1, -0.05) is 22.5 Å². The maximum absolute atomic E-state index is 14.0. The molecule has 4 aromatic rings. The minimum atomic E-state index is -2.16. The zero-order chi connectivity index (χ0) is 32.6. The predicted octanol–water partition coefficient (Wildman–Crippen LogP) is 5.05. The molecule has 2 heterocycles. The van der Waals surface area contributed by atoms with Gasteiger partial charge in [0.1, 0.15) is 22.5 Å². The smallest absolute Gasteiger partial charge is 0.324 e. The number of hydrogen-bond donors (Lipinski definition) is 0. The standard InChI is InChI=1S/C33H38N4O8/c1-31(2,3)43-29(40)33(30(41)44-32(4,5)6,15-16-37-28(39)22-9-7-8-10-24(22)34-36-37)18-25(38)27-23-14-13-21(17-26(23)45-35-27)42-19-20-11-12-20/h7-10,13-14,17,20H,11-12,15-16,18-19H2,1-6H3. The number of carbonyl (C=O) groups excluding carboxylic acids is 3. The molecule has 1 saturated carbocycles. The monoisotopic (exact) mass is 618 g/mol. The second-order valence-electron chi connectivity index (χ2n) is 13.5. The summed E-state index contributed by atoms with van der Waals surface area (Å²) in [6, 6.07) is 11.7. The second kappa shape index (κ2) is 12.1. The van der Waals surface area contributed by atoms with E-state index in [2.05, 4.69) is 15.5 Å². The van der Waals surface area contributed by atoms with Gasteiger partial charge in [0.05, 0.1) is 17.4 Å². The molecule has 12 heteroatoms. The van der Waals surface area contributed by atoms with Crippen LogP contribution in [0.1, 0.15) is 77.7 Å². The molecule has 1 aliphatic rings. The van der Waals surface area contributed by atoms with Crippen molar-refractivity contribution in [2.75, 3.05) is 6.61 Å². The highest BCUT2D eigenvalue weighted by atomic mass is 16.6. The average molecular weight is 619 g/mol. The van der Waals surface area contributed by atoms with Crippen molar-refractivity contribution < 1.29 is 33.1 Å². The third kappa shape index (κ3) is 7.38. The molecule has 0 unspecified atom stereocenters. The molecular formula is C33H38N4O8. The highest BCUT2D eigenvalue weighted by Gasteiger charge is 2.53. The first-order valence-electron chi connectivity index (χ1n) is 15.0. The van der Waals surface area contributed by atoms with E-state index in [0.29, 0.717) is 40.1 Å². The number of Topliss-reactive ketones (excluding diaryl/α,β-unsaturated/α-hetero) is 1. The Hall–Kier alpha value is -4.61. The van der Waals surface area contributed by atoms with Gasteiger partial charge in [0.25, 0.3) is 5.56 Å². The van der Waals surface area contributed by atoms with Gasteiger partial charge in [-0.3, -0.25) is 19.2 Å². The summed E-state index contributed by atoms with van der Waals surface area (Å²) < 4.78 is 23.8. The van der Waals surface area contributed by atoms with E-state index in [-0.39, 0.29) is 18.7 Å². The van der Waals surface area contributed by atoms with E-state index in [1.165, 1.54) is 0 Å².